The van der Waals surface area contributed by atoms with Crippen molar-refractivity contribution in [2.24, 2.45) is 0 Å². The van der Waals surface area contributed by atoms with Crippen molar-refractivity contribution in [3.63, 3.8) is 0 Å². The zero-order chi connectivity index (χ0) is 97.2. The second kappa shape index (κ2) is 45.9. The van der Waals surface area contributed by atoms with E-state index >= 15 is 17.6 Å². The number of alkyl halides is 2. The van der Waals surface area contributed by atoms with Gasteiger partial charge in [-0.15, -0.1) is 0 Å². The molecule has 0 saturated carbocycles. The number of hydrogen-bond acceptors (Lipinski definition) is 18. The number of aliphatic carboxylic acids is 1. The number of carboxylic acids is 2. The van der Waals surface area contributed by atoms with Crippen molar-refractivity contribution < 1.29 is 147 Å². The third-order valence-electron chi connectivity index (χ3n) is 20.4. The predicted molar refractivity (Wildman–Crippen MR) is 465 cm³/mol. The first-order valence-electron chi connectivity index (χ1n) is 39.9. The minimum atomic E-state index is -1.68. The molecule has 2 N–H and O–H groups in total. The van der Waals surface area contributed by atoms with E-state index < -0.39 is 128 Å². The summed E-state index contributed by atoms with van der Waals surface area (Å²) in [5.74, 6) is -12.4. The van der Waals surface area contributed by atoms with Gasteiger partial charge in [-0.05, 0) is 199 Å². The molecule has 3 aromatic heterocycles. The first-order valence-corrected chi connectivity index (χ1v) is 40.3. The fourth-order valence-corrected chi connectivity index (χ4v) is 14.8. The number of para-hydroxylation sites is 6. The Balaban J connectivity index is 0.000000201. The van der Waals surface area contributed by atoms with E-state index in [1.165, 1.54) is 142 Å². The van der Waals surface area contributed by atoms with Crippen LogP contribution in [0.4, 0.5) is 61.5 Å². The van der Waals surface area contributed by atoms with Gasteiger partial charge in [-0.2, -0.15) is 0 Å². The van der Waals surface area contributed by atoms with Crippen molar-refractivity contribution in [3.05, 3.63) is 312 Å². The Morgan fingerprint density at radius 3 is 1.35 bits per heavy atom. The SMILES string of the molecule is C.CC(=O)Cc1coc2c(F)cccc12.CC1Cc2c(oc3c(F)cccc23)C(c2c(F)cc(/C=C/C(=O)O)cc2F)N1CC(C)(C)F.COC(=O)/C=C/c1cc(F)c(C2c3oc4c(F)cccc4c3CC(C)N2CC(C)(C)F)c(F)c1.COC(=O)CCc1cc(F)c(C=O)c(F)c1.COc1c(F)cccc1C(=O)Cl.COc1c(F)cccc1C(=O)O.O=C1COc2c(F)cccc21. The Hall–Kier alpha value is -13.7. The number of furan rings is 3. The third kappa shape index (κ3) is 26.1. The number of aldehydes is 1. The van der Waals surface area contributed by atoms with Gasteiger partial charge in [0.25, 0.3) is 5.24 Å². The average molecular weight is 1880 g/mol. The summed E-state index contributed by atoms with van der Waals surface area (Å²) in [5.41, 5.74) is -1.73. The number of benzene rings is 9. The molecular formula is C98H89ClF14N2O18. The fourth-order valence-electron chi connectivity index (χ4n) is 14.7. The van der Waals surface area contributed by atoms with Gasteiger partial charge in [0, 0.05) is 94.1 Å². The number of aryl methyl sites for hydroxylation is 1. The number of carboxylic acid groups (broad SMARTS) is 2. The van der Waals surface area contributed by atoms with Gasteiger partial charge in [-0.25, -0.2) is 75.8 Å². The average Bonchev–Trinajstić information content (AvgIpc) is 1.60. The first kappa shape index (κ1) is 105. The van der Waals surface area contributed by atoms with E-state index in [0.29, 0.717) is 51.3 Å². The number of fused-ring (bicyclic) bond motifs is 8. The predicted octanol–water partition coefficient (Wildman–Crippen LogP) is 22.5. The van der Waals surface area contributed by atoms with Crippen LogP contribution in [0.5, 0.6) is 17.2 Å². The highest BCUT2D eigenvalue weighted by molar-refractivity contribution is 6.68. The lowest BCUT2D eigenvalue weighted by Gasteiger charge is -2.42. The summed E-state index contributed by atoms with van der Waals surface area (Å²) < 4.78 is 238. The van der Waals surface area contributed by atoms with E-state index in [4.69, 9.17) is 39.8 Å². The van der Waals surface area contributed by atoms with Crippen LogP contribution in [-0.2, 0) is 54.3 Å². The molecule has 35 heteroatoms. The molecule has 0 amide bonds. The van der Waals surface area contributed by atoms with Gasteiger partial charge in [0.2, 0.25) is 5.78 Å². The molecule has 133 heavy (non-hydrogen) atoms. The Labute approximate surface area is 757 Å². The van der Waals surface area contributed by atoms with Gasteiger partial charge < -0.3 is 47.1 Å². The fraction of sp³-hybridized carbons (Fsp3) is 0.265. The quantitative estimate of drug-likeness (QED) is 0.0236. The van der Waals surface area contributed by atoms with Gasteiger partial charge in [-0.1, -0.05) is 62.0 Å². The molecule has 15 rings (SSSR count). The number of carbonyl (C=O) groups excluding carboxylic acids is 6. The standard InChI is InChI=1S/C26H25F4NO3.C25H23F4NO3.C11H10F2O3.C11H9FO2.C8H6ClFO2.C8H7FO3.C8H5FO2.CH4/c1-14-10-17-16-6-5-7-18(27)24(16)34-25(17)23(31(14)13-26(2,3)30)22-19(28)11-15(12-20(22)29)8-9-21(32)33-4;1-13-9-16-15-5-4-6-17(26)23(15)33-24(16)22(30(13)12-25(2,3)29)21-18(27)10-14(11-19(21)28)7-8-20(31)32;1-16-11(15)3-2-7-4-9(12)8(6-14)10(13)5-7;1-7(13)5-8-6-14-11-9(8)3-2-4-10(11)12;1-12-7-5(8(9)11)3-2-4-6(7)10;1-12-7-5(8(10)11)3-2-4-6(7)9;9-6-3-1-2-5-7(10)4-11-8(5)6;/h5-9,11-12,14,23H,10,13H2,1-4H3;4-8,10-11,13,22H,9,12H2,1-3H3,(H,31,32);4-6H,2-3H2,1H3;2-4,6H,5H2,1H3;2-4H,1H3;2-4H,1H3,(H,10,11);1-3H,4H2;1H4/b9-8+;8-7+;;;;;;. The van der Waals surface area contributed by atoms with Crippen LogP contribution in [0.1, 0.15) is 172 Å². The van der Waals surface area contributed by atoms with E-state index in [2.05, 4.69) is 18.9 Å². The maximum Gasteiger partial charge on any atom is 0.339 e. The van der Waals surface area contributed by atoms with E-state index in [1.807, 2.05) is 13.8 Å². The smallest absolute Gasteiger partial charge is 0.339 e. The van der Waals surface area contributed by atoms with Gasteiger partial charge in [0.15, 0.2) is 81.8 Å². The molecule has 0 radical (unpaired) electrons. The van der Waals surface area contributed by atoms with Crippen LogP contribution < -0.4 is 14.2 Å². The highest BCUT2D eigenvalue weighted by atomic mass is 35.5. The molecule has 6 heterocycles. The number of Topliss-reactive ketones (excluding diaryl/α,β-unsaturated/α-hetero) is 2. The minimum absolute atomic E-state index is 0. The number of aromatic carboxylic acids is 1. The molecule has 3 aliphatic rings. The van der Waals surface area contributed by atoms with Crippen LogP contribution in [0.25, 0.3) is 45.1 Å². The molecule has 0 saturated heterocycles. The van der Waals surface area contributed by atoms with E-state index in [1.54, 1.807) is 46.2 Å². The number of esters is 2. The second-order valence-corrected chi connectivity index (χ2v) is 31.5. The number of ketones is 2. The summed E-state index contributed by atoms with van der Waals surface area (Å²) in [6.45, 7) is 10.4. The third-order valence-corrected chi connectivity index (χ3v) is 20.6. The van der Waals surface area contributed by atoms with Gasteiger partial charge in [0.05, 0.1) is 51.4 Å². The summed E-state index contributed by atoms with van der Waals surface area (Å²) >= 11 is 5.17. The van der Waals surface area contributed by atoms with Crippen molar-refractivity contribution in [2.45, 2.75) is 124 Å². The van der Waals surface area contributed by atoms with Gasteiger partial charge in [0.1, 0.15) is 81.2 Å². The van der Waals surface area contributed by atoms with Crippen molar-refractivity contribution in [1.29, 1.82) is 0 Å². The molecule has 4 atom stereocenters. The Morgan fingerprint density at radius 2 is 0.955 bits per heavy atom. The summed E-state index contributed by atoms with van der Waals surface area (Å²) in [5, 5.41) is 18.4. The topological polar surface area (TPSA) is 269 Å². The zero-order valence-corrected chi connectivity index (χ0v) is 73.0. The van der Waals surface area contributed by atoms with Crippen LogP contribution in [-0.4, -0.2) is 139 Å². The van der Waals surface area contributed by atoms with Crippen molar-refractivity contribution >= 4 is 104 Å². The monoisotopic (exact) mass is 1880 g/mol. The lowest BCUT2D eigenvalue weighted by molar-refractivity contribution is -0.140. The molecule has 3 aliphatic heterocycles. The molecule has 12 aromatic rings. The Bertz CT molecular complexity index is 6240. The normalized spacial score (nSPS) is 14.9. The van der Waals surface area contributed by atoms with Gasteiger partial charge in [-0.3, -0.25) is 33.8 Å². The molecule has 704 valence electrons. The van der Waals surface area contributed by atoms with Gasteiger partial charge >= 0.3 is 23.9 Å². The van der Waals surface area contributed by atoms with Crippen molar-refractivity contribution in [1.82, 2.24) is 9.80 Å². The number of halogens is 15. The number of methoxy groups -OCH3 is 4. The highest BCUT2D eigenvalue weighted by Gasteiger charge is 2.45. The van der Waals surface area contributed by atoms with Crippen LogP contribution >= 0.6 is 11.6 Å². The molecule has 4 unspecified atom stereocenters. The van der Waals surface area contributed by atoms with Crippen LogP contribution in [0.3, 0.4) is 0 Å². The first-order chi connectivity index (χ1) is 62.3. The maximum atomic E-state index is 15.4. The largest absolute Gasteiger partial charge is 0.493 e. The lowest BCUT2D eigenvalue weighted by Crippen LogP contribution is -2.48. The summed E-state index contributed by atoms with van der Waals surface area (Å²) in [4.78, 5) is 89.5. The number of nitrogens with zero attached hydrogens (tertiary/aromatic N) is 2. The molecule has 20 nitrogen and oxygen atoms in total. The molecule has 0 spiro atoms. The van der Waals surface area contributed by atoms with Crippen LogP contribution in [0.15, 0.2) is 177 Å². The van der Waals surface area contributed by atoms with E-state index in [-0.39, 0.29) is 155 Å². The summed E-state index contributed by atoms with van der Waals surface area (Å²) in [7, 11) is 4.93. The Morgan fingerprint density at radius 1 is 0.534 bits per heavy atom. The molecular weight excluding hydrogens is 1790 g/mol. The maximum absolute atomic E-state index is 15.4. The molecule has 0 fully saturated rings. The number of rotatable bonds is 20. The van der Waals surface area contributed by atoms with Crippen LogP contribution in [0, 0.1) is 69.8 Å². The number of hydrogen-bond donors (Lipinski definition) is 2. The molecule has 9 aromatic carbocycles. The minimum Gasteiger partial charge on any atom is -0.493 e. The van der Waals surface area contributed by atoms with Crippen molar-refractivity contribution in [2.75, 3.05) is 48.1 Å². The summed E-state index contributed by atoms with van der Waals surface area (Å²) in [6, 6.07) is 29.1. The van der Waals surface area contributed by atoms with Crippen LogP contribution in [0.2, 0.25) is 0 Å². The molecule has 0 bridgehead atoms. The second-order valence-electron chi connectivity index (χ2n) is 31.1. The lowest BCUT2D eigenvalue weighted by atomic mass is 9.87. The van der Waals surface area contributed by atoms with Crippen molar-refractivity contribution in [3.8, 4) is 17.2 Å². The zero-order valence-electron chi connectivity index (χ0n) is 72.3. The number of ether oxygens (including phenoxy) is 5. The highest BCUT2D eigenvalue weighted by Crippen LogP contribution is 2.48. The number of carbonyl (C=O) groups is 8. The Kier molecular flexibility index (Phi) is 36.1. The van der Waals surface area contributed by atoms with E-state index in [0.717, 1.165) is 66.3 Å². The molecule has 0 aliphatic carbocycles. The van der Waals surface area contributed by atoms with E-state index in [9.17, 15) is 82.3 Å². The summed E-state index contributed by atoms with van der Waals surface area (Å²) in [6.07, 6.45) is 6.98.